The van der Waals surface area contributed by atoms with Crippen molar-refractivity contribution in [1.82, 2.24) is 4.90 Å². The van der Waals surface area contributed by atoms with E-state index in [0.29, 0.717) is 44.2 Å². The minimum Gasteiger partial charge on any atom is -0.493 e. The smallest absolute Gasteiger partial charge is 0.333 e. The van der Waals surface area contributed by atoms with Crippen molar-refractivity contribution in [3.05, 3.63) is 41.1 Å². The van der Waals surface area contributed by atoms with E-state index in [0.717, 1.165) is 42.7 Å². The summed E-state index contributed by atoms with van der Waals surface area (Å²) in [4.78, 5) is 13.8. The molecule has 7 heteroatoms. The minimum absolute atomic E-state index is 0.180. The lowest BCUT2D eigenvalue weighted by molar-refractivity contribution is -0.132. The predicted molar refractivity (Wildman–Crippen MR) is 112 cm³/mol. The molecule has 0 aromatic heterocycles. The second-order valence-electron chi connectivity index (χ2n) is 7.99. The number of methoxy groups -OCH3 is 2. The molecule has 3 heterocycles. The Morgan fingerprint density at radius 2 is 2.00 bits per heavy atom. The lowest BCUT2D eigenvalue weighted by atomic mass is 9.75. The average Bonchev–Trinajstić information content (AvgIpc) is 2.77. The van der Waals surface area contributed by atoms with Gasteiger partial charge in [0, 0.05) is 57.2 Å². The molecule has 0 bridgehead atoms. The Kier molecular flexibility index (Phi) is 6.01. The number of fused-ring (bicyclic) bond motifs is 4. The van der Waals surface area contributed by atoms with Crippen LogP contribution in [0, 0.1) is 0 Å². The summed E-state index contributed by atoms with van der Waals surface area (Å²) in [6.45, 7) is 2.55. The summed E-state index contributed by atoms with van der Waals surface area (Å²) in [5.41, 5.74) is 3.56. The van der Waals surface area contributed by atoms with Gasteiger partial charge in [0.15, 0.2) is 11.5 Å². The highest BCUT2D eigenvalue weighted by molar-refractivity contribution is 5.89. The zero-order valence-corrected chi connectivity index (χ0v) is 17.6. The van der Waals surface area contributed by atoms with Crippen molar-refractivity contribution in [3.8, 4) is 11.5 Å². The van der Waals surface area contributed by atoms with Crippen LogP contribution in [0.4, 0.5) is 0 Å². The normalized spacial score (nSPS) is 19.5. The van der Waals surface area contributed by atoms with Gasteiger partial charge in [-0.1, -0.05) is 6.08 Å². The molecule has 0 aliphatic carbocycles. The highest BCUT2D eigenvalue weighted by Crippen LogP contribution is 2.48. The van der Waals surface area contributed by atoms with E-state index in [1.807, 2.05) is 18.3 Å². The van der Waals surface area contributed by atoms with E-state index in [4.69, 9.17) is 18.9 Å². The fourth-order valence-corrected chi connectivity index (χ4v) is 4.61. The molecular formula is C23H29NO6. The number of ether oxygens (including phenoxy) is 4. The Labute approximate surface area is 176 Å². The highest BCUT2D eigenvalue weighted by atomic mass is 16.5. The molecule has 162 valence electrons. The lowest BCUT2D eigenvalue weighted by Gasteiger charge is -2.51. The van der Waals surface area contributed by atoms with Crippen LogP contribution in [0.5, 0.6) is 11.5 Å². The SMILES string of the molecule is COCCCOc1cc2c(cc1OC)C1=CCC(C(=O)O)=CN1C1(CCOCC1)C2. The van der Waals surface area contributed by atoms with E-state index in [1.165, 1.54) is 5.56 Å². The monoisotopic (exact) mass is 415 g/mol. The van der Waals surface area contributed by atoms with Gasteiger partial charge in [-0.05, 0) is 37.0 Å². The Balaban J connectivity index is 1.73. The molecule has 4 rings (SSSR count). The molecular weight excluding hydrogens is 386 g/mol. The molecule has 1 fully saturated rings. The first kappa shape index (κ1) is 20.8. The number of allylic oxidation sites excluding steroid dienone is 1. The van der Waals surface area contributed by atoms with Crippen LogP contribution in [-0.2, 0) is 20.7 Å². The maximum atomic E-state index is 11.6. The quantitative estimate of drug-likeness (QED) is 0.685. The molecule has 0 amide bonds. The number of nitrogens with zero attached hydrogens (tertiary/aromatic N) is 1. The molecule has 0 saturated carbocycles. The topological polar surface area (TPSA) is 77.5 Å². The van der Waals surface area contributed by atoms with Gasteiger partial charge in [-0.25, -0.2) is 4.79 Å². The number of benzene rings is 1. The molecule has 0 atom stereocenters. The van der Waals surface area contributed by atoms with Crippen molar-refractivity contribution in [2.45, 2.75) is 37.6 Å². The summed E-state index contributed by atoms with van der Waals surface area (Å²) < 4.78 is 22.4. The first-order valence-electron chi connectivity index (χ1n) is 10.4. The highest BCUT2D eigenvalue weighted by Gasteiger charge is 2.45. The van der Waals surface area contributed by atoms with Crippen LogP contribution in [0.3, 0.4) is 0 Å². The first-order chi connectivity index (χ1) is 14.6. The molecule has 1 saturated heterocycles. The summed E-state index contributed by atoms with van der Waals surface area (Å²) in [5, 5.41) is 9.56. The summed E-state index contributed by atoms with van der Waals surface area (Å²) in [5.74, 6) is 0.555. The third kappa shape index (κ3) is 3.79. The second kappa shape index (κ2) is 8.70. The number of hydrogen-bond acceptors (Lipinski definition) is 6. The standard InChI is InChI=1S/C23H29NO6/c1-27-8-3-9-30-21-12-17-14-23(6-10-29-11-7-23)24-15-16(22(25)26)4-5-19(24)18(17)13-20(21)28-2/h5,12-13,15H,3-4,6-11,14H2,1-2H3,(H,25,26). The van der Waals surface area contributed by atoms with Crippen molar-refractivity contribution in [1.29, 1.82) is 0 Å². The third-order valence-electron chi connectivity index (χ3n) is 6.20. The minimum atomic E-state index is -0.865. The van der Waals surface area contributed by atoms with Gasteiger partial charge < -0.3 is 29.0 Å². The Hall–Kier alpha value is -2.51. The van der Waals surface area contributed by atoms with Crippen LogP contribution in [0.15, 0.2) is 30.0 Å². The molecule has 3 aliphatic rings. The van der Waals surface area contributed by atoms with Crippen LogP contribution in [0.2, 0.25) is 0 Å². The number of carboxylic acid groups (broad SMARTS) is 1. The number of carbonyl (C=O) groups is 1. The molecule has 1 aromatic carbocycles. The van der Waals surface area contributed by atoms with Gasteiger partial charge in [-0.15, -0.1) is 0 Å². The Morgan fingerprint density at radius 3 is 2.70 bits per heavy atom. The van der Waals surface area contributed by atoms with Crippen molar-refractivity contribution in [2.24, 2.45) is 0 Å². The van der Waals surface area contributed by atoms with Crippen molar-refractivity contribution in [3.63, 3.8) is 0 Å². The zero-order chi connectivity index (χ0) is 21.1. The first-order valence-corrected chi connectivity index (χ1v) is 10.4. The van der Waals surface area contributed by atoms with Crippen LogP contribution in [0.25, 0.3) is 5.70 Å². The van der Waals surface area contributed by atoms with Gasteiger partial charge in [-0.2, -0.15) is 0 Å². The number of rotatable bonds is 7. The van der Waals surface area contributed by atoms with E-state index < -0.39 is 5.97 Å². The summed E-state index contributed by atoms with van der Waals surface area (Å²) >= 11 is 0. The van der Waals surface area contributed by atoms with E-state index >= 15 is 0 Å². The Bertz CT molecular complexity index is 869. The molecule has 0 unspecified atom stereocenters. The fourth-order valence-electron chi connectivity index (χ4n) is 4.61. The summed E-state index contributed by atoms with van der Waals surface area (Å²) in [6, 6.07) is 4.11. The lowest BCUT2D eigenvalue weighted by Crippen LogP contribution is -2.53. The van der Waals surface area contributed by atoms with Gasteiger partial charge in [0.1, 0.15) is 0 Å². The van der Waals surface area contributed by atoms with Gasteiger partial charge in [0.05, 0.1) is 24.8 Å². The predicted octanol–water partition coefficient (Wildman–Crippen LogP) is 3.23. The van der Waals surface area contributed by atoms with Crippen molar-refractivity contribution in [2.75, 3.05) is 40.6 Å². The van der Waals surface area contributed by atoms with E-state index in [-0.39, 0.29) is 5.54 Å². The van der Waals surface area contributed by atoms with E-state index in [9.17, 15) is 9.90 Å². The van der Waals surface area contributed by atoms with Crippen LogP contribution >= 0.6 is 0 Å². The number of aliphatic carboxylic acids is 1. The van der Waals surface area contributed by atoms with Crippen molar-refractivity contribution < 1.29 is 28.8 Å². The van der Waals surface area contributed by atoms with Crippen LogP contribution in [-0.4, -0.2) is 62.2 Å². The molecule has 30 heavy (non-hydrogen) atoms. The summed E-state index contributed by atoms with van der Waals surface area (Å²) in [7, 11) is 3.32. The van der Waals surface area contributed by atoms with E-state index in [1.54, 1.807) is 14.2 Å². The second-order valence-corrected chi connectivity index (χ2v) is 7.99. The largest absolute Gasteiger partial charge is 0.493 e. The molecule has 1 spiro atoms. The average molecular weight is 415 g/mol. The summed E-state index contributed by atoms with van der Waals surface area (Å²) in [6.07, 6.45) is 7.58. The molecule has 1 aromatic rings. The van der Waals surface area contributed by atoms with Crippen molar-refractivity contribution >= 4 is 11.7 Å². The van der Waals surface area contributed by atoms with E-state index in [2.05, 4.69) is 11.0 Å². The number of carboxylic acids is 1. The third-order valence-corrected chi connectivity index (χ3v) is 6.20. The fraction of sp³-hybridized carbons (Fsp3) is 0.522. The van der Waals surface area contributed by atoms with Crippen LogP contribution < -0.4 is 9.47 Å². The van der Waals surface area contributed by atoms with Gasteiger partial charge in [-0.3, -0.25) is 0 Å². The number of hydrogen-bond donors (Lipinski definition) is 1. The molecule has 7 nitrogen and oxygen atoms in total. The van der Waals surface area contributed by atoms with Gasteiger partial charge in [0.25, 0.3) is 0 Å². The zero-order valence-electron chi connectivity index (χ0n) is 17.6. The maximum absolute atomic E-state index is 11.6. The molecule has 0 radical (unpaired) electrons. The van der Waals surface area contributed by atoms with Gasteiger partial charge >= 0.3 is 5.97 Å². The molecule has 1 N–H and O–H groups in total. The Morgan fingerprint density at radius 1 is 1.20 bits per heavy atom. The maximum Gasteiger partial charge on any atom is 0.333 e. The van der Waals surface area contributed by atoms with Gasteiger partial charge in [0.2, 0.25) is 0 Å². The molecule has 3 aliphatic heterocycles. The van der Waals surface area contributed by atoms with Crippen LogP contribution in [0.1, 0.15) is 36.8 Å².